The third-order valence-corrected chi connectivity index (χ3v) is 3.64. The fourth-order valence-corrected chi connectivity index (χ4v) is 2.35. The third kappa shape index (κ3) is 3.96. The van der Waals surface area contributed by atoms with Crippen LogP contribution in [0.3, 0.4) is 0 Å². The van der Waals surface area contributed by atoms with E-state index >= 15 is 0 Å². The van der Waals surface area contributed by atoms with Crippen molar-refractivity contribution in [3.05, 3.63) is 85.2 Å². The maximum atomic E-state index is 12.4. The molecule has 0 saturated carbocycles. The molecule has 1 N–H and O–H groups in total. The SMILES string of the molecule is O=C(Nc1cc(-n2cncn2)ncn1)c1ccc(Oc2ccccc2)cc1. The first-order valence-corrected chi connectivity index (χ1v) is 8.09. The van der Waals surface area contributed by atoms with Crippen molar-refractivity contribution in [3.63, 3.8) is 0 Å². The van der Waals surface area contributed by atoms with Crippen LogP contribution < -0.4 is 10.1 Å². The van der Waals surface area contributed by atoms with Crippen LogP contribution in [-0.4, -0.2) is 30.6 Å². The summed E-state index contributed by atoms with van der Waals surface area (Å²) in [6.07, 6.45) is 4.27. The Kier molecular flexibility index (Phi) is 4.52. The van der Waals surface area contributed by atoms with Crippen LogP contribution in [0.1, 0.15) is 10.4 Å². The number of aromatic nitrogens is 5. The summed E-state index contributed by atoms with van der Waals surface area (Å²) in [7, 11) is 0. The maximum Gasteiger partial charge on any atom is 0.256 e. The molecule has 0 aliphatic carbocycles. The summed E-state index contributed by atoms with van der Waals surface area (Å²) in [5, 5.41) is 6.73. The fraction of sp³-hybridized carbons (Fsp3) is 0. The number of rotatable bonds is 5. The van der Waals surface area contributed by atoms with Gasteiger partial charge in [0.2, 0.25) is 0 Å². The van der Waals surface area contributed by atoms with Crippen LogP contribution in [-0.2, 0) is 0 Å². The van der Waals surface area contributed by atoms with Gasteiger partial charge in [0.15, 0.2) is 5.82 Å². The van der Waals surface area contributed by atoms with Crippen molar-refractivity contribution in [1.29, 1.82) is 0 Å². The van der Waals surface area contributed by atoms with E-state index in [1.807, 2.05) is 30.3 Å². The molecule has 0 fully saturated rings. The zero-order valence-electron chi connectivity index (χ0n) is 14.1. The lowest BCUT2D eigenvalue weighted by Gasteiger charge is -2.08. The molecule has 8 nitrogen and oxygen atoms in total. The monoisotopic (exact) mass is 358 g/mol. The number of nitrogens with one attached hydrogen (secondary N) is 1. The van der Waals surface area contributed by atoms with Gasteiger partial charge in [0.05, 0.1) is 0 Å². The molecule has 2 aromatic carbocycles. The molecular weight excluding hydrogens is 344 g/mol. The van der Waals surface area contributed by atoms with E-state index in [1.165, 1.54) is 23.7 Å². The normalized spacial score (nSPS) is 10.4. The number of hydrogen-bond donors (Lipinski definition) is 1. The second kappa shape index (κ2) is 7.44. The highest BCUT2D eigenvalue weighted by molar-refractivity contribution is 6.03. The minimum atomic E-state index is -0.287. The van der Waals surface area contributed by atoms with Gasteiger partial charge in [0, 0.05) is 11.6 Å². The summed E-state index contributed by atoms with van der Waals surface area (Å²) in [6, 6.07) is 17.9. The zero-order chi connectivity index (χ0) is 18.5. The molecule has 1 amide bonds. The van der Waals surface area contributed by atoms with Gasteiger partial charge in [-0.3, -0.25) is 4.79 Å². The molecule has 4 rings (SSSR count). The zero-order valence-corrected chi connectivity index (χ0v) is 14.1. The molecule has 0 aliphatic heterocycles. The number of benzene rings is 2. The Morgan fingerprint density at radius 1 is 0.926 bits per heavy atom. The molecule has 0 radical (unpaired) electrons. The molecule has 8 heteroatoms. The quantitative estimate of drug-likeness (QED) is 0.589. The van der Waals surface area contributed by atoms with Gasteiger partial charge in [0.1, 0.15) is 36.3 Å². The molecule has 27 heavy (non-hydrogen) atoms. The van der Waals surface area contributed by atoms with Gasteiger partial charge in [0.25, 0.3) is 5.91 Å². The Labute approximate surface area is 154 Å². The van der Waals surface area contributed by atoms with Crippen molar-refractivity contribution in [1.82, 2.24) is 24.7 Å². The summed E-state index contributed by atoms with van der Waals surface area (Å²) in [5.74, 6) is 1.96. The van der Waals surface area contributed by atoms with E-state index in [0.29, 0.717) is 22.9 Å². The summed E-state index contributed by atoms with van der Waals surface area (Å²) < 4.78 is 7.20. The van der Waals surface area contributed by atoms with Gasteiger partial charge < -0.3 is 10.1 Å². The van der Waals surface area contributed by atoms with Crippen LogP contribution in [0.4, 0.5) is 5.82 Å². The molecule has 0 bridgehead atoms. The lowest BCUT2D eigenvalue weighted by Crippen LogP contribution is -2.13. The predicted molar refractivity (Wildman–Crippen MR) is 97.9 cm³/mol. The topological polar surface area (TPSA) is 94.8 Å². The second-order valence-electron chi connectivity index (χ2n) is 5.50. The summed E-state index contributed by atoms with van der Waals surface area (Å²) >= 11 is 0. The van der Waals surface area contributed by atoms with Crippen LogP contribution in [0.25, 0.3) is 5.82 Å². The standard InChI is InChI=1S/C19H14N6O2/c26-19(24-17-10-18(22-12-21-17)25-13-20-11-23-25)14-6-8-16(9-7-14)27-15-4-2-1-3-5-15/h1-13H,(H,21,22,24,26). The first-order valence-electron chi connectivity index (χ1n) is 8.09. The first kappa shape index (κ1) is 16.4. The van der Waals surface area contributed by atoms with Crippen LogP contribution >= 0.6 is 0 Å². The molecular formula is C19H14N6O2. The van der Waals surface area contributed by atoms with E-state index in [2.05, 4.69) is 25.4 Å². The van der Waals surface area contributed by atoms with Crippen molar-refractivity contribution < 1.29 is 9.53 Å². The van der Waals surface area contributed by atoms with Gasteiger partial charge in [-0.2, -0.15) is 5.10 Å². The van der Waals surface area contributed by atoms with Crippen molar-refractivity contribution in [2.45, 2.75) is 0 Å². The number of amides is 1. The average Bonchev–Trinajstić information content (AvgIpc) is 3.24. The second-order valence-corrected chi connectivity index (χ2v) is 5.50. The predicted octanol–water partition coefficient (Wildman–Crippen LogP) is 3.10. The van der Waals surface area contributed by atoms with Crippen LogP contribution in [0.2, 0.25) is 0 Å². The van der Waals surface area contributed by atoms with E-state index in [9.17, 15) is 4.79 Å². The summed E-state index contributed by atoms with van der Waals surface area (Å²) in [6.45, 7) is 0. The number of hydrogen-bond acceptors (Lipinski definition) is 6. The van der Waals surface area contributed by atoms with E-state index in [4.69, 9.17) is 4.74 Å². The molecule has 0 unspecified atom stereocenters. The van der Waals surface area contributed by atoms with Crippen molar-refractivity contribution in [3.8, 4) is 17.3 Å². The van der Waals surface area contributed by atoms with Gasteiger partial charge >= 0.3 is 0 Å². The smallest absolute Gasteiger partial charge is 0.256 e. The van der Waals surface area contributed by atoms with Crippen molar-refractivity contribution in [2.24, 2.45) is 0 Å². The van der Waals surface area contributed by atoms with Crippen molar-refractivity contribution in [2.75, 3.05) is 5.32 Å². The van der Waals surface area contributed by atoms with Crippen LogP contribution in [0.15, 0.2) is 79.6 Å². The van der Waals surface area contributed by atoms with Gasteiger partial charge in [-0.25, -0.2) is 19.6 Å². The van der Waals surface area contributed by atoms with Gasteiger partial charge in [-0.1, -0.05) is 18.2 Å². The fourth-order valence-electron chi connectivity index (χ4n) is 2.35. The minimum Gasteiger partial charge on any atom is -0.457 e. The number of para-hydroxylation sites is 1. The van der Waals surface area contributed by atoms with E-state index < -0.39 is 0 Å². The number of anilines is 1. The van der Waals surface area contributed by atoms with Gasteiger partial charge in [-0.15, -0.1) is 0 Å². The molecule has 2 aromatic heterocycles. The molecule has 0 atom stereocenters. The number of carbonyl (C=O) groups is 1. The maximum absolute atomic E-state index is 12.4. The number of carbonyl (C=O) groups excluding carboxylic acids is 1. The first-order chi connectivity index (χ1) is 13.3. The van der Waals surface area contributed by atoms with Crippen LogP contribution in [0.5, 0.6) is 11.5 Å². The molecule has 4 aromatic rings. The Morgan fingerprint density at radius 3 is 2.44 bits per heavy atom. The lowest BCUT2D eigenvalue weighted by atomic mass is 10.2. The van der Waals surface area contributed by atoms with Crippen molar-refractivity contribution >= 4 is 11.7 Å². The third-order valence-electron chi connectivity index (χ3n) is 3.64. The highest BCUT2D eigenvalue weighted by atomic mass is 16.5. The summed E-state index contributed by atoms with van der Waals surface area (Å²) in [4.78, 5) is 24.5. The molecule has 0 spiro atoms. The van der Waals surface area contributed by atoms with E-state index in [-0.39, 0.29) is 5.91 Å². The minimum absolute atomic E-state index is 0.287. The lowest BCUT2D eigenvalue weighted by molar-refractivity contribution is 0.102. The molecule has 2 heterocycles. The highest BCUT2D eigenvalue weighted by Gasteiger charge is 2.09. The number of ether oxygens (including phenoxy) is 1. The Balaban J connectivity index is 1.45. The summed E-state index contributed by atoms with van der Waals surface area (Å²) in [5.41, 5.74) is 0.483. The Morgan fingerprint density at radius 2 is 1.70 bits per heavy atom. The Bertz CT molecular complexity index is 1030. The van der Waals surface area contributed by atoms with Gasteiger partial charge in [-0.05, 0) is 36.4 Å². The average molecular weight is 358 g/mol. The molecule has 0 saturated heterocycles. The Hall–Kier alpha value is -4.07. The highest BCUT2D eigenvalue weighted by Crippen LogP contribution is 2.21. The van der Waals surface area contributed by atoms with E-state index in [1.54, 1.807) is 30.3 Å². The van der Waals surface area contributed by atoms with E-state index in [0.717, 1.165) is 5.75 Å². The van der Waals surface area contributed by atoms with Crippen LogP contribution in [0, 0.1) is 0 Å². The number of nitrogens with zero attached hydrogens (tertiary/aromatic N) is 5. The molecule has 0 aliphatic rings. The largest absolute Gasteiger partial charge is 0.457 e. The molecule has 132 valence electrons.